The third-order valence-electron chi connectivity index (χ3n) is 0.777. The summed E-state index contributed by atoms with van der Waals surface area (Å²) in [5.74, 6) is -0.193. The molecule has 0 aromatic heterocycles. The number of carbonyl (C=O) groups excluding carboxylic acids is 1. The first kappa shape index (κ1) is 6.47. The Labute approximate surface area is 43.7 Å². The molecule has 0 aliphatic heterocycles. The van der Waals surface area contributed by atoms with Gasteiger partial charge in [-0.05, 0) is 6.42 Å². The van der Waals surface area contributed by atoms with Crippen LogP contribution in [0.4, 0.5) is 0 Å². The molecule has 0 atom stereocenters. The van der Waals surface area contributed by atoms with Crippen LogP contribution in [-0.2, 0) is 4.79 Å². The molecular formula is C5H11NO. The van der Waals surface area contributed by atoms with E-state index >= 15 is 0 Å². The molecule has 0 radical (unpaired) electrons. The minimum Gasteiger partial charge on any atom is -0.370 e. The van der Waals surface area contributed by atoms with Crippen molar-refractivity contribution in [2.45, 2.75) is 26.2 Å². The van der Waals surface area contributed by atoms with Crippen LogP contribution in [0.5, 0.6) is 0 Å². The van der Waals surface area contributed by atoms with Gasteiger partial charge in [0.15, 0.2) is 0 Å². The van der Waals surface area contributed by atoms with Crippen molar-refractivity contribution in [1.29, 1.82) is 0 Å². The number of carbonyl (C=O) groups is 1. The second-order valence-electron chi connectivity index (χ2n) is 1.57. The topological polar surface area (TPSA) is 43.1 Å². The van der Waals surface area contributed by atoms with Gasteiger partial charge in [-0.2, -0.15) is 0 Å². The lowest BCUT2D eigenvalue weighted by atomic mass is 10.2. The van der Waals surface area contributed by atoms with Crippen molar-refractivity contribution in [3.63, 3.8) is 0 Å². The number of primary amides is 1. The average molecular weight is 101 g/mol. The Morgan fingerprint density at radius 2 is 2.29 bits per heavy atom. The lowest BCUT2D eigenvalue weighted by molar-refractivity contribution is -0.118. The van der Waals surface area contributed by atoms with E-state index in [1.807, 2.05) is 6.92 Å². The van der Waals surface area contributed by atoms with Gasteiger partial charge in [0.1, 0.15) is 0 Å². The van der Waals surface area contributed by atoms with Crippen LogP contribution in [0.3, 0.4) is 0 Å². The second-order valence-corrected chi connectivity index (χ2v) is 1.57. The van der Waals surface area contributed by atoms with Crippen molar-refractivity contribution in [3.8, 4) is 0 Å². The Balaban J connectivity index is 2.82. The van der Waals surface area contributed by atoms with Gasteiger partial charge in [-0.25, -0.2) is 0 Å². The zero-order valence-electron chi connectivity index (χ0n) is 4.61. The van der Waals surface area contributed by atoms with Crippen molar-refractivity contribution >= 4 is 5.91 Å². The van der Waals surface area contributed by atoms with Crippen LogP contribution in [0.2, 0.25) is 0 Å². The van der Waals surface area contributed by atoms with Crippen LogP contribution < -0.4 is 5.73 Å². The molecule has 0 aliphatic rings. The Bertz CT molecular complexity index is 61.1. The predicted molar refractivity (Wildman–Crippen MR) is 28.7 cm³/mol. The highest BCUT2D eigenvalue weighted by atomic mass is 16.1. The van der Waals surface area contributed by atoms with Crippen LogP contribution in [-0.4, -0.2) is 5.91 Å². The maximum atomic E-state index is 9.98. The minimum absolute atomic E-state index is 0.193. The van der Waals surface area contributed by atoms with Gasteiger partial charge in [-0.3, -0.25) is 4.79 Å². The van der Waals surface area contributed by atoms with E-state index in [0.29, 0.717) is 6.42 Å². The molecule has 1 amide bonds. The maximum absolute atomic E-state index is 9.98. The van der Waals surface area contributed by atoms with Crippen molar-refractivity contribution in [2.75, 3.05) is 0 Å². The van der Waals surface area contributed by atoms with Crippen LogP contribution >= 0.6 is 0 Å². The Morgan fingerprint density at radius 1 is 1.71 bits per heavy atom. The summed E-state index contributed by atoms with van der Waals surface area (Å²) in [4.78, 5) is 9.98. The van der Waals surface area contributed by atoms with E-state index in [2.05, 4.69) is 0 Å². The highest BCUT2D eigenvalue weighted by Gasteiger charge is 1.88. The third-order valence-corrected chi connectivity index (χ3v) is 0.777. The fourth-order valence-electron chi connectivity index (χ4n) is 0.351. The number of hydrogen-bond acceptors (Lipinski definition) is 1. The first-order chi connectivity index (χ1) is 3.27. The monoisotopic (exact) mass is 101 g/mol. The van der Waals surface area contributed by atoms with E-state index in [1.165, 1.54) is 0 Å². The summed E-state index contributed by atoms with van der Waals surface area (Å²) < 4.78 is 0. The molecule has 2 N–H and O–H groups in total. The summed E-state index contributed by atoms with van der Waals surface area (Å²) >= 11 is 0. The van der Waals surface area contributed by atoms with Crippen molar-refractivity contribution in [2.24, 2.45) is 5.73 Å². The lowest BCUT2D eigenvalue weighted by Crippen LogP contribution is -2.09. The largest absolute Gasteiger partial charge is 0.370 e. The van der Waals surface area contributed by atoms with E-state index in [-0.39, 0.29) is 5.91 Å². The number of rotatable bonds is 3. The van der Waals surface area contributed by atoms with Gasteiger partial charge in [0.25, 0.3) is 0 Å². The van der Waals surface area contributed by atoms with E-state index in [1.54, 1.807) is 0 Å². The smallest absolute Gasteiger partial charge is 0.217 e. The molecule has 7 heavy (non-hydrogen) atoms. The molecule has 0 aromatic carbocycles. The van der Waals surface area contributed by atoms with Crippen LogP contribution in [0, 0.1) is 0 Å². The standard InChI is InChI=1S/C5H11NO/c1-2-3-4-5(6)7/h2-4H2,1H3,(H2,6,7). The zero-order chi connectivity index (χ0) is 5.70. The van der Waals surface area contributed by atoms with E-state index in [4.69, 9.17) is 5.73 Å². The average Bonchev–Trinajstić information content (AvgIpc) is 1.61. The molecule has 0 saturated heterocycles. The van der Waals surface area contributed by atoms with Crippen molar-refractivity contribution in [1.82, 2.24) is 0 Å². The van der Waals surface area contributed by atoms with Gasteiger partial charge < -0.3 is 5.73 Å². The number of unbranched alkanes of at least 4 members (excludes halogenated alkanes) is 1. The molecule has 2 heteroatoms. The molecule has 0 fully saturated rings. The molecule has 0 bridgehead atoms. The highest BCUT2D eigenvalue weighted by molar-refractivity contribution is 5.73. The molecule has 2 nitrogen and oxygen atoms in total. The summed E-state index contributed by atoms with van der Waals surface area (Å²) in [5.41, 5.74) is 4.84. The highest BCUT2D eigenvalue weighted by Crippen LogP contribution is 1.89. The molecular weight excluding hydrogens is 90.1 g/mol. The third kappa shape index (κ3) is 5.47. The van der Waals surface area contributed by atoms with Crippen LogP contribution in [0.15, 0.2) is 0 Å². The van der Waals surface area contributed by atoms with E-state index in [9.17, 15) is 4.79 Å². The predicted octanol–water partition coefficient (Wildman–Crippen LogP) is 0.662. The van der Waals surface area contributed by atoms with Gasteiger partial charge in [0.05, 0.1) is 0 Å². The minimum atomic E-state index is -0.193. The zero-order valence-corrected chi connectivity index (χ0v) is 4.61. The van der Waals surface area contributed by atoms with Gasteiger partial charge in [-0.1, -0.05) is 13.3 Å². The molecule has 42 valence electrons. The summed E-state index contributed by atoms with van der Waals surface area (Å²) in [6.45, 7) is 2.03. The fourth-order valence-corrected chi connectivity index (χ4v) is 0.351. The number of nitrogens with two attached hydrogens (primary N) is 1. The molecule has 0 aromatic rings. The SMILES string of the molecule is CCCCC(N)=O. The Morgan fingerprint density at radius 3 is 2.43 bits per heavy atom. The molecule has 0 aliphatic carbocycles. The van der Waals surface area contributed by atoms with Crippen molar-refractivity contribution in [3.05, 3.63) is 0 Å². The second kappa shape index (κ2) is 3.65. The van der Waals surface area contributed by atoms with Gasteiger partial charge >= 0.3 is 0 Å². The molecule has 0 spiro atoms. The molecule has 0 unspecified atom stereocenters. The molecule has 0 saturated carbocycles. The maximum Gasteiger partial charge on any atom is 0.217 e. The first-order valence-electron chi connectivity index (χ1n) is 2.55. The lowest BCUT2D eigenvalue weighted by Gasteiger charge is -1.86. The van der Waals surface area contributed by atoms with Gasteiger partial charge in [-0.15, -0.1) is 0 Å². The van der Waals surface area contributed by atoms with Gasteiger partial charge in [0, 0.05) is 6.42 Å². The van der Waals surface area contributed by atoms with Crippen molar-refractivity contribution < 1.29 is 4.79 Å². The van der Waals surface area contributed by atoms with E-state index < -0.39 is 0 Å². The Hall–Kier alpha value is -0.530. The number of amides is 1. The van der Waals surface area contributed by atoms with Crippen LogP contribution in [0.25, 0.3) is 0 Å². The summed E-state index contributed by atoms with van der Waals surface area (Å²) in [5, 5.41) is 0. The fraction of sp³-hybridized carbons (Fsp3) is 0.800. The Kier molecular flexibility index (Phi) is 3.38. The quantitative estimate of drug-likeness (QED) is 0.557. The van der Waals surface area contributed by atoms with E-state index in [0.717, 1.165) is 12.8 Å². The van der Waals surface area contributed by atoms with Crippen LogP contribution in [0.1, 0.15) is 26.2 Å². The first-order valence-corrected chi connectivity index (χ1v) is 2.55. The summed E-state index contributed by atoms with van der Waals surface area (Å²) in [6.07, 6.45) is 2.51. The molecule has 0 rings (SSSR count). The normalized spacial score (nSPS) is 8.71. The summed E-state index contributed by atoms with van der Waals surface area (Å²) in [7, 11) is 0. The summed E-state index contributed by atoms with van der Waals surface area (Å²) in [6, 6.07) is 0. The number of hydrogen-bond donors (Lipinski definition) is 1. The molecule has 0 heterocycles. The van der Waals surface area contributed by atoms with Gasteiger partial charge in [0.2, 0.25) is 5.91 Å².